The first-order valence-corrected chi connectivity index (χ1v) is 4.68. The predicted octanol–water partition coefficient (Wildman–Crippen LogP) is 1.66. The number of nitrogens with zero attached hydrogens (tertiary/aromatic N) is 1. The molecular weight excluding hydrogens is 200 g/mol. The van der Waals surface area contributed by atoms with E-state index in [0.717, 1.165) is 5.69 Å². The third-order valence-corrected chi connectivity index (χ3v) is 2.26. The Morgan fingerprint density at radius 2 is 2.00 bits per heavy atom. The van der Waals surface area contributed by atoms with Crippen LogP contribution in [0.15, 0.2) is 42.6 Å². The van der Waals surface area contributed by atoms with Crippen LogP contribution >= 0.6 is 11.6 Å². The van der Waals surface area contributed by atoms with E-state index in [4.69, 9.17) is 11.6 Å². The summed E-state index contributed by atoms with van der Waals surface area (Å²) in [7, 11) is 0. The molecule has 0 spiro atoms. The van der Waals surface area contributed by atoms with Gasteiger partial charge in [0.05, 0.1) is 5.69 Å². The molecule has 0 aromatic heterocycles. The number of amides is 1. The van der Waals surface area contributed by atoms with Crippen LogP contribution in [0.4, 0.5) is 5.69 Å². The molecule has 0 bridgehead atoms. The van der Waals surface area contributed by atoms with E-state index in [0.29, 0.717) is 0 Å². The SMILES string of the molecule is O=C1NN(c2ccccc2)C=CC1Cl. The quantitative estimate of drug-likeness (QED) is 0.712. The van der Waals surface area contributed by atoms with Crippen molar-refractivity contribution in [2.75, 3.05) is 5.01 Å². The summed E-state index contributed by atoms with van der Waals surface area (Å²) >= 11 is 5.69. The van der Waals surface area contributed by atoms with Crippen LogP contribution in [-0.2, 0) is 4.79 Å². The largest absolute Gasteiger partial charge is 0.271 e. The van der Waals surface area contributed by atoms with Gasteiger partial charge in [0, 0.05) is 6.20 Å². The van der Waals surface area contributed by atoms with Gasteiger partial charge in [0.15, 0.2) is 0 Å². The number of hydrogen-bond donors (Lipinski definition) is 1. The average Bonchev–Trinajstić information content (AvgIpc) is 2.23. The van der Waals surface area contributed by atoms with E-state index in [1.165, 1.54) is 0 Å². The number of hydrazine groups is 1. The molecule has 0 radical (unpaired) electrons. The van der Waals surface area contributed by atoms with Crippen LogP contribution in [0.3, 0.4) is 0 Å². The molecular formula is C10H9ClN2O. The second kappa shape index (κ2) is 3.72. The molecule has 1 heterocycles. The summed E-state index contributed by atoms with van der Waals surface area (Å²) in [4.78, 5) is 11.2. The smallest absolute Gasteiger partial charge is 0.260 e. The zero-order valence-electron chi connectivity index (χ0n) is 7.35. The van der Waals surface area contributed by atoms with Gasteiger partial charge in [-0.3, -0.25) is 15.2 Å². The first kappa shape index (κ1) is 9.09. The first-order valence-electron chi connectivity index (χ1n) is 4.24. The van der Waals surface area contributed by atoms with Gasteiger partial charge in [-0.15, -0.1) is 11.6 Å². The molecule has 1 aliphatic rings. The van der Waals surface area contributed by atoms with Crippen LogP contribution in [0.25, 0.3) is 0 Å². The Morgan fingerprint density at radius 3 is 2.64 bits per heavy atom. The fourth-order valence-electron chi connectivity index (χ4n) is 1.21. The van der Waals surface area contributed by atoms with E-state index in [1.54, 1.807) is 17.3 Å². The lowest BCUT2D eigenvalue weighted by molar-refractivity contribution is -0.120. The van der Waals surface area contributed by atoms with Crippen molar-refractivity contribution in [1.82, 2.24) is 5.43 Å². The predicted molar refractivity (Wildman–Crippen MR) is 55.8 cm³/mol. The minimum atomic E-state index is -0.574. The summed E-state index contributed by atoms with van der Waals surface area (Å²) in [6, 6.07) is 9.53. The van der Waals surface area contributed by atoms with Gasteiger partial charge >= 0.3 is 0 Å². The van der Waals surface area contributed by atoms with Crippen molar-refractivity contribution in [2.45, 2.75) is 5.38 Å². The van der Waals surface area contributed by atoms with E-state index in [9.17, 15) is 4.79 Å². The summed E-state index contributed by atoms with van der Waals surface area (Å²) in [5, 5.41) is 1.07. The van der Waals surface area contributed by atoms with Crippen molar-refractivity contribution in [3.8, 4) is 0 Å². The standard InChI is InChI=1S/C10H9ClN2O/c11-9-6-7-13(12-10(9)14)8-4-2-1-3-5-8/h1-7,9H,(H,12,14). The minimum Gasteiger partial charge on any atom is -0.271 e. The lowest BCUT2D eigenvalue weighted by Gasteiger charge is -2.25. The third-order valence-electron chi connectivity index (χ3n) is 1.92. The fourth-order valence-corrected chi connectivity index (χ4v) is 1.32. The number of halogens is 1. The van der Waals surface area contributed by atoms with Gasteiger partial charge < -0.3 is 0 Å². The van der Waals surface area contributed by atoms with Gasteiger partial charge in [-0.05, 0) is 18.2 Å². The molecule has 0 saturated carbocycles. The summed E-state index contributed by atoms with van der Waals surface area (Å²) < 4.78 is 0. The summed E-state index contributed by atoms with van der Waals surface area (Å²) in [6.45, 7) is 0. The fraction of sp³-hybridized carbons (Fsp3) is 0.100. The Hall–Kier alpha value is -1.48. The molecule has 14 heavy (non-hydrogen) atoms. The Balaban J connectivity index is 2.22. The van der Waals surface area contributed by atoms with E-state index < -0.39 is 5.38 Å². The van der Waals surface area contributed by atoms with Crippen molar-refractivity contribution in [1.29, 1.82) is 0 Å². The number of anilines is 1. The normalized spacial score (nSPS) is 20.8. The number of rotatable bonds is 1. The molecule has 2 rings (SSSR count). The molecule has 1 aliphatic heterocycles. The molecule has 0 fully saturated rings. The highest BCUT2D eigenvalue weighted by Gasteiger charge is 2.19. The van der Waals surface area contributed by atoms with Gasteiger partial charge in [-0.2, -0.15) is 0 Å². The highest BCUT2D eigenvalue weighted by molar-refractivity contribution is 6.32. The Bertz CT molecular complexity index is 364. The van der Waals surface area contributed by atoms with Crippen molar-refractivity contribution in [3.05, 3.63) is 42.6 Å². The van der Waals surface area contributed by atoms with Gasteiger partial charge in [-0.1, -0.05) is 18.2 Å². The number of hydrogen-bond acceptors (Lipinski definition) is 2. The second-order valence-electron chi connectivity index (χ2n) is 2.92. The van der Waals surface area contributed by atoms with Crippen molar-refractivity contribution >= 4 is 23.2 Å². The van der Waals surface area contributed by atoms with Crippen LogP contribution in [0.2, 0.25) is 0 Å². The Labute approximate surface area is 86.9 Å². The summed E-state index contributed by atoms with van der Waals surface area (Å²) in [5.41, 5.74) is 3.56. The highest BCUT2D eigenvalue weighted by atomic mass is 35.5. The topological polar surface area (TPSA) is 32.3 Å². The number of carbonyl (C=O) groups is 1. The van der Waals surface area contributed by atoms with Gasteiger partial charge in [0.1, 0.15) is 5.38 Å². The number of benzene rings is 1. The van der Waals surface area contributed by atoms with Crippen LogP contribution in [0.1, 0.15) is 0 Å². The minimum absolute atomic E-state index is 0.210. The van der Waals surface area contributed by atoms with Crippen LogP contribution < -0.4 is 10.4 Å². The molecule has 3 nitrogen and oxygen atoms in total. The molecule has 72 valence electrons. The van der Waals surface area contributed by atoms with Gasteiger partial charge in [-0.25, -0.2) is 0 Å². The molecule has 4 heteroatoms. The molecule has 1 aromatic rings. The summed E-state index contributed by atoms with van der Waals surface area (Å²) in [5.74, 6) is -0.210. The van der Waals surface area contributed by atoms with Crippen molar-refractivity contribution in [2.24, 2.45) is 0 Å². The monoisotopic (exact) mass is 208 g/mol. The first-order chi connectivity index (χ1) is 6.77. The van der Waals surface area contributed by atoms with Crippen LogP contribution in [0.5, 0.6) is 0 Å². The van der Waals surface area contributed by atoms with Crippen LogP contribution in [0, 0.1) is 0 Å². The molecule has 0 saturated heterocycles. The number of carbonyl (C=O) groups excluding carboxylic acids is 1. The number of alkyl halides is 1. The maximum Gasteiger partial charge on any atom is 0.260 e. The lowest BCUT2D eigenvalue weighted by atomic mass is 10.3. The zero-order chi connectivity index (χ0) is 9.97. The van der Waals surface area contributed by atoms with E-state index in [-0.39, 0.29) is 5.91 Å². The van der Waals surface area contributed by atoms with Crippen molar-refractivity contribution < 1.29 is 4.79 Å². The molecule has 1 aromatic carbocycles. The van der Waals surface area contributed by atoms with Crippen LogP contribution in [-0.4, -0.2) is 11.3 Å². The molecule has 0 aliphatic carbocycles. The molecule has 1 amide bonds. The second-order valence-corrected chi connectivity index (χ2v) is 3.40. The molecule has 1 unspecified atom stereocenters. The molecule has 1 atom stereocenters. The van der Waals surface area contributed by atoms with E-state index in [2.05, 4.69) is 5.43 Å². The van der Waals surface area contributed by atoms with E-state index >= 15 is 0 Å². The Kier molecular flexibility index (Phi) is 2.41. The maximum atomic E-state index is 11.2. The number of nitrogens with one attached hydrogen (secondary N) is 1. The van der Waals surface area contributed by atoms with Crippen molar-refractivity contribution in [3.63, 3.8) is 0 Å². The average molecular weight is 209 g/mol. The highest BCUT2D eigenvalue weighted by Crippen LogP contribution is 2.15. The molecule has 1 N–H and O–H groups in total. The Morgan fingerprint density at radius 1 is 1.29 bits per heavy atom. The van der Waals surface area contributed by atoms with Gasteiger partial charge in [0.25, 0.3) is 5.91 Å². The maximum absolute atomic E-state index is 11.2. The number of para-hydroxylation sites is 1. The lowest BCUT2D eigenvalue weighted by Crippen LogP contribution is -2.45. The third kappa shape index (κ3) is 1.72. The van der Waals surface area contributed by atoms with E-state index in [1.807, 2.05) is 30.3 Å². The zero-order valence-corrected chi connectivity index (χ0v) is 8.11. The summed E-state index contributed by atoms with van der Waals surface area (Å²) in [6.07, 6.45) is 3.39. The van der Waals surface area contributed by atoms with Gasteiger partial charge in [0.2, 0.25) is 0 Å².